The molecule has 0 radical (unpaired) electrons. The van der Waals surface area contributed by atoms with Crippen molar-refractivity contribution < 1.29 is 14.7 Å². The number of carboxylic acids is 1. The minimum atomic E-state index is -0.950. The highest BCUT2D eigenvalue weighted by atomic mass is 16.4. The number of carbonyl (C=O) groups excluding carboxylic acids is 1. The molecule has 25 heavy (non-hydrogen) atoms. The maximum atomic E-state index is 11.0. The molecule has 0 saturated heterocycles. The molecular formula is C20H40N2O3. The van der Waals surface area contributed by atoms with Crippen LogP contribution in [-0.2, 0) is 9.59 Å². The van der Waals surface area contributed by atoms with Crippen LogP contribution in [-0.4, -0.2) is 36.1 Å². The Morgan fingerprint density at radius 1 is 0.800 bits per heavy atom. The van der Waals surface area contributed by atoms with Crippen LogP contribution in [0.5, 0.6) is 0 Å². The van der Waals surface area contributed by atoms with Gasteiger partial charge < -0.3 is 15.7 Å². The van der Waals surface area contributed by atoms with Gasteiger partial charge in [0.25, 0.3) is 0 Å². The molecule has 0 aromatic heterocycles. The fourth-order valence-corrected chi connectivity index (χ4v) is 2.96. The van der Waals surface area contributed by atoms with Gasteiger partial charge in [-0.05, 0) is 38.8 Å². The molecule has 0 aliphatic heterocycles. The minimum absolute atomic E-state index is 0.286. The van der Waals surface area contributed by atoms with Gasteiger partial charge >= 0.3 is 5.97 Å². The molecule has 148 valence electrons. The first-order valence-electron chi connectivity index (χ1n) is 10.3. The number of aliphatic carboxylic acids is 1. The van der Waals surface area contributed by atoms with Crippen molar-refractivity contribution in [3.63, 3.8) is 0 Å². The van der Waals surface area contributed by atoms with E-state index in [1.165, 1.54) is 71.1 Å². The van der Waals surface area contributed by atoms with E-state index in [1.807, 2.05) is 0 Å². The van der Waals surface area contributed by atoms with E-state index in [-0.39, 0.29) is 5.91 Å². The molecule has 0 saturated carbocycles. The van der Waals surface area contributed by atoms with E-state index in [0.29, 0.717) is 6.42 Å². The van der Waals surface area contributed by atoms with Gasteiger partial charge in [0.2, 0.25) is 5.91 Å². The second kappa shape index (κ2) is 17.7. The summed E-state index contributed by atoms with van der Waals surface area (Å²) in [4.78, 5) is 21.9. The van der Waals surface area contributed by atoms with E-state index in [1.54, 1.807) is 0 Å². The molecule has 3 N–H and O–H groups in total. The second-order valence-corrected chi connectivity index (χ2v) is 7.02. The van der Waals surface area contributed by atoms with Gasteiger partial charge in [-0.25, -0.2) is 4.79 Å². The average molecular weight is 357 g/mol. The van der Waals surface area contributed by atoms with Crippen LogP contribution in [0, 0.1) is 0 Å². The van der Waals surface area contributed by atoms with Gasteiger partial charge in [-0.15, -0.1) is 0 Å². The summed E-state index contributed by atoms with van der Waals surface area (Å²) < 4.78 is 0. The first kappa shape index (κ1) is 23.9. The molecule has 0 spiro atoms. The Morgan fingerprint density at radius 2 is 1.28 bits per heavy atom. The first-order valence-corrected chi connectivity index (χ1v) is 10.3. The van der Waals surface area contributed by atoms with E-state index in [4.69, 9.17) is 5.11 Å². The first-order chi connectivity index (χ1) is 12.1. The summed E-state index contributed by atoms with van der Waals surface area (Å²) in [5, 5.41) is 14.9. The lowest BCUT2D eigenvalue weighted by atomic mass is 10.1. The van der Waals surface area contributed by atoms with Crippen molar-refractivity contribution in [2.45, 2.75) is 103 Å². The molecule has 0 aliphatic carbocycles. The number of hydrogen-bond acceptors (Lipinski definition) is 3. The van der Waals surface area contributed by atoms with Crippen LogP contribution in [0.3, 0.4) is 0 Å². The highest BCUT2D eigenvalue weighted by molar-refractivity contribution is 5.81. The molecule has 0 heterocycles. The van der Waals surface area contributed by atoms with Gasteiger partial charge in [-0.3, -0.25) is 4.79 Å². The number of hydrogen-bond donors (Lipinski definition) is 3. The lowest BCUT2D eigenvalue weighted by Gasteiger charge is -2.13. The summed E-state index contributed by atoms with van der Waals surface area (Å²) in [7, 11) is 0. The zero-order valence-corrected chi connectivity index (χ0v) is 16.4. The molecule has 1 amide bonds. The van der Waals surface area contributed by atoms with Crippen molar-refractivity contribution in [1.29, 1.82) is 0 Å². The molecule has 1 atom stereocenters. The summed E-state index contributed by atoms with van der Waals surface area (Å²) in [6, 6.07) is -0.750. The van der Waals surface area contributed by atoms with Crippen LogP contribution in [0.25, 0.3) is 0 Å². The average Bonchev–Trinajstić information content (AvgIpc) is 2.56. The zero-order valence-electron chi connectivity index (χ0n) is 16.4. The van der Waals surface area contributed by atoms with Crippen LogP contribution in [0.2, 0.25) is 0 Å². The van der Waals surface area contributed by atoms with Gasteiger partial charge in [0.1, 0.15) is 6.04 Å². The molecule has 0 rings (SSSR count). The Labute approximate surface area is 154 Å². The largest absolute Gasteiger partial charge is 0.480 e. The third-order valence-electron chi connectivity index (χ3n) is 4.48. The fourth-order valence-electron chi connectivity index (χ4n) is 2.96. The zero-order chi connectivity index (χ0) is 18.8. The van der Waals surface area contributed by atoms with Crippen LogP contribution in [0.4, 0.5) is 0 Å². The summed E-state index contributed by atoms with van der Waals surface area (Å²) in [5.41, 5.74) is 0. The Kier molecular flexibility index (Phi) is 16.9. The van der Waals surface area contributed by atoms with Gasteiger partial charge in [-0.2, -0.15) is 0 Å². The predicted molar refractivity (Wildman–Crippen MR) is 104 cm³/mol. The number of carboxylic acid groups (broad SMARTS) is 1. The molecule has 0 aliphatic rings. The Balaban J connectivity index is 3.28. The maximum Gasteiger partial charge on any atom is 0.326 e. The van der Waals surface area contributed by atoms with E-state index in [2.05, 4.69) is 17.6 Å². The summed E-state index contributed by atoms with van der Waals surface area (Å²) in [5.74, 6) is -1.24. The topological polar surface area (TPSA) is 78.4 Å². The van der Waals surface area contributed by atoms with E-state index < -0.39 is 12.0 Å². The van der Waals surface area contributed by atoms with E-state index in [0.717, 1.165) is 25.9 Å². The van der Waals surface area contributed by atoms with Gasteiger partial charge in [0.05, 0.1) is 0 Å². The predicted octanol–water partition coefficient (Wildman–Crippen LogP) is 4.26. The number of unbranched alkanes of at least 4 members (excludes halogenated alkanes) is 10. The summed E-state index contributed by atoms with van der Waals surface area (Å²) in [6.45, 7) is 5.57. The number of amides is 1. The van der Waals surface area contributed by atoms with Crippen molar-refractivity contribution in [1.82, 2.24) is 10.6 Å². The third kappa shape index (κ3) is 17.5. The van der Waals surface area contributed by atoms with Crippen LogP contribution in [0.15, 0.2) is 0 Å². The monoisotopic (exact) mass is 356 g/mol. The Morgan fingerprint density at radius 3 is 1.76 bits per heavy atom. The van der Waals surface area contributed by atoms with E-state index >= 15 is 0 Å². The summed E-state index contributed by atoms with van der Waals surface area (Å²) >= 11 is 0. The molecule has 0 unspecified atom stereocenters. The minimum Gasteiger partial charge on any atom is -0.480 e. The molecule has 5 nitrogen and oxygen atoms in total. The molecular weight excluding hydrogens is 316 g/mol. The van der Waals surface area contributed by atoms with Crippen LogP contribution in [0.1, 0.15) is 97.3 Å². The quantitative estimate of drug-likeness (QED) is 0.321. The van der Waals surface area contributed by atoms with Gasteiger partial charge in [-0.1, -0.05) is 64.7 Å². The van der Waals surface area contributed by atoms with Crippen molar-refractivity contribution in [2.75, 3.05) is 13.1 Å². The Hall–Kier alpha value is -1.10. The summed E-state index contributed by atoms with van der Waals surface area (Å²) in [6.07, 6.45) is 15.8. The standard InChI is InChI=1S/C20H40N2O3/c1-3-4-5-6-7-8-9-10-11-13-16-21-17-14-12-15-19(20(24)25)22-18(2)23/h19,21H,3-17H2,1-2H3,(H,22,23)(H,24,25)/t19-/m0/s1. The highest BCUT2D eigenvalue weighted by Gasteiger charge is 2.17. The van der Waals surface area contributed by atoms with Gasteiger partial charge in [0, 0.05) is 6.92 Å². The molecule has 0 fully saturated rings. The smallest absolute Gasteiger partial charge is 0.326 e. The number of rotatable bonds is 18. The molecule has 0 aromatic carbocycles. The second-order valence-electron chi connectivity index (χ2n) is 7.02. The highest BCUT2D eigenvalue weighted by Crippen LogP contribution is 2.10. The lowest BCUT2D eigenvalue weighted by Crippen LogP contribution is -2.39. The normalized spacial score (nSPS) is 12.1. The fraction of sp³-hybridized carbons (Fsp3) is 0.900. The van der Waals surface area contributed by atoms with Crippen LogP contribution >= 0.6 is 0 Å². The SMILES string of the molecule is CCCCCCCCCCCCNCCCC[C@H](NC(C)=O)C(=O)O. The number of nitrogens with one attached hydrogen (secondary N) is 2. The lowest BCUT2D eigenvalue weighted by molar-refractivity contribution is -0.141. The third-order valence-corrected chi connectivity index (χ3v) is 4.48. The van der Waals surface area contributed by atoms with E-state index in [9.17, 15) is 9.59 Å². The van der Waals surface area contributed by atoms with Crippen molar-refractivity contribution in [2.24, 2.45) is 0 Å². The van der Waals surface area contributed by atoms with Crippen LogP contribution < -0.4 is 10.6 Å². The van der Waals surface area contributed by atoms with Gasteiger partial charge in [0.15, 0.2) is 0 Å². The number of carbonyl (C=O) groups is 2. The Bertz CT molecular complexity index is 335. The molecule has 0 bridgehead atoms. The van der Waals surface area contributed by atoms with Crippen molar-refractivity contribution >= 4 is 11.9 Å². The maximum absolute atomic E-state index is 11.0. The molecule has 0 aromatic rings. The van der Waals surface area contributed by atoms with Crippen molar-refractivity contribution in [3.8, 4) is 0 Å². The van der Waals surface area contributed by atoms with Crippen molar-refractivity contribution in [3.05, 3.63) is 0 Å². The molecule has 5 heteroatoms.